The van der Waals surface area contributed by atoms with Gasteiger partial charge in [0, 0.05) is 18.6 Å². The normalized spacial score (nSPS) is 30.2. The Morgan fingerprint density at radius 3 is 2.62 bits per heavy atom. The van der Waals surface area contributed by atoms with Crippen LogP contribution in [0.4, 0.5) is 0 Å². The molecule has 1 aliphatic heterocycles. The van der Waals surface area contributed by atoms with E-state index in [1.165, 1.54) is 38.9 Å². The molecule has 0 spiro atoms. The summed E-state index contributed by atoms with van der Waals surface area (Å²) in [5.41, 5.74) is 0. The van der Waals surface area contributed by atoms with Crippen LogP contribution in [0.2, 0.25) is 0 Å². The second-order valence-corrected chi connectivity index (χ2v) is 4.93. The summed E-state index contributed by atoms with van der Waals surface area (Å²) in [5.74, 6) is 1.02. The third kappa shape index (κ3) is 2.68. The van der Waals surface area contributed by atoms with Crippen LogP contribution in [-0.2, 0) is 0 Å². The van der Waals surface area contributed by atoms with Crippen molar-refractivity contribution in [2.75, 3.05) is 19.6 Å². The maximum atomic E-state index is 3.69. The van der Waals surface area contributed by atoms with Crippen LogP contribution in [0.15, 0.2) is 0 Å². The Bertz CT molecular complexity index is 163. The number of hydrogen-bond donors (Lipinski definition) is 1. The molecule has 13 heavy (non-hydrogen) atoms. The average Bonchev–Trinajstić information content (AvgIpc) is 2.79. The number of nitrogens with zero attached hydrogens (tertiary/aromatic N) is 1. The lowest BCUT2D eigenvalue weighted by Gasteiger charge is -2.20. The van der Waals surface area contributed by atoms with Gasteiger partial charge in [-0.2, -0.15) is 0 Å². The Morgan fingerprint density at radius 2 is 2.08 bits per heavy atom. The molecule has 2 nitrogen and oxygen atoms in total. The van der Waals surface area contributed by atoms with Gasteiger partial charge in [0.1, 0.15) is 0 Å². The molecular formula is C11H22N2. The molecule has 2 fully saturated rings. The van der Waals surface area contributed by atoms with Crippen molar-refractivity contribution in [1.29, 1.82) is 0 Å². The molecular weight excluding hydrogens is 160 g/mol. The van der Waals surface area contributed by atoms with E-state index >= 15 is 0 Å². The van der Waals surface area contributed by atoms with Crippen molar-refractivity contribution in [2.45, 2.75) is 45.2 Å². The topological polar surface area (TPSA) is 15.3 Å². The van der Waals surface area contributed by atoms with Crippen molar-refractivity contribution in [3.05, 3.63) is 0 Å². The zero-order valence-electron chi connectivity index (χ0n) is 8.92. The summed E-state index contributed by atoms with van der Waals surface area (Å²) in [6, 6.07) is 1.51. The maximum absolute atomic E-state index is 3.69. The van der Waals surface area contributed by atoms with Gasteiger partial charge in [-0.25, -0.2) is 0 Å². The van der Waals surface area contributed by atoms with Crippen molar-refractivity contribution in [3.63, 3.8) is 0 Å². The highest BCUT2D eigenvalue weighted by atomic mass is 15.2. The highest BCUT2D eigenvalue weighted by Crippen LogP contribution is 2.28. The summed E-state index contributed by atoms with van der Waals surface area (Å²) in [5, 5.41) is 3.69. The summed E-state index contributed by atoms with van der Waals surface area (Å²) in [7, 11) is 0. The van der Waals surface area contributed by atoms with Crippen LogP contribution < -0.4 is 5.32 Å². The Kier molecular flexibility index (Phi) is 2.89. The molecule has 0 unspecified atom stereocenters. The Balaban J connectivity index is 1.65. The first kappa shape index (κ1) is 9.47. The highest BCUT2D eigenvalue weighted by molar-refractivity contribution is 4.85. The van der Waals surface area contributed by atoms with E-state index in [1.54, 1.807) is 0 Å². The van der Waals surface area contributed by atoms with Gasteiger partial charge in [-0.1, -0.05) is 0 Å². The van der Waals surface area contributed by atoms with E-state index in [-0.39, 0.29) is 0 Å². The lowest BCUT2D eigenvalue weighted by molar-refractivity contribution is 0.268. The summed E-state index contributed by atoms with van der Waals surface area (Å²) in [6.07, 6.45) is 4.28. The van der Waals surface area contributed by atoms with Gasteiger partial charge < -0.3 is 5.32 Å². The molecule has 1 atom stereocenters. The third-order valence-corrected chi connectivity index (χ3v) is 3.34. The van der Waals surface area contributed by atoms with Crippen molar-refractivity contribution in [3.8, 4) is 0 Å². The highest BCUT2D eigenvalue weighted by Gasteiger charge is 2.26. The van der Waals surface area contributed by atoms with Crippen LogP contribution >= 0.6 is 0 Å². The second kappa shape index (κ2) is 3.97. The fourth-order valence-corrected chi connectivity index (χ4v) is 2.08. The van der Waals surface area contributed by atoms with E-state index in [1.807, 2.05) is 0 Å². The lowest BCUT2D eigenvalue weighted by Crippen LogP contribution is -2.35. The smallest absolute Gasteiger partial charge is 0.0207 e. The first-order valence-corrected chi connectivity index (χ1v) is 5.73. The molecule has 1 saturated carbocycles. The molecule has 1 saturated heterocycles. The van der Waals surface area contributed by atoms with Gasteiger partial charge in [0.2, 0.25) is 0 Å². The monoisotopic (exact) mass is 182 g/mol. The van der Waals surface area contributed by atoms with Gasteiger partial charge in [0.25, 0.3) is 0 Å². The van der Waals surface area contributed by atoms with E-state index in [2.05, 4.69) is 24.1 Å². The molecule has 0 aromatic heterocycles. The molecule has 2 heteroatoms. The van der Waals surface area contributed by atoms with Crippen molar-refractivity contribution in [2.24, 2.45) is 5.92 Å². The van der Waals surface area contributed by atoms with Crippen LogP contribution in [0.1, 0.15) is 33.1 Å². The molecule has 76 valence electrons. The molecule has 1 heterocycles. The lowest BCUT2D eigenvalue weighted by atomic mass is 10.2. The molecule has 1 aliphatic carbocycles. The Morgan fingerprint density at radius 1 is 1.31 bits per heavy atom. The van der Waals surface area contributed by atoms with Crippen molar-refractivity contribution in [1.82, 2.24) is 10.2 Å². The van der Waals surface area contributed by atoms with Crippen LogP contribution in [-0.4, -0.2) is 36.6 Å². The predicted octanol–water partition coefficient (Wildman–Crippen LogP) is 1.47. The zero-order chi connectivity index (χ0) is 9.26. The van der Waals surface area contributed by atoms with E-state index in [9.17, 15) is 0 Å². The molecule has 0 radical (unpaired) electrons. The number of nitrogens with one attached hydrogen (secondary N) is 1. The largest absolute Gasteiger partial charge is 0.312 e. The minimum absolute atomic E-state index is 0.729. The van der Waals surface area contributed by atoms with Crippen LogP contribution in [0.5, 0.6) is 0 Å². The summed E-state index contributed by atoms with van der Waals surface area (Å²) >= 11 is 0. The van der Waals surface area contributed by atoms with E-state index < -0.39 is 0 Å². The molecule has 0 aromatic carbocycles. The first-order valence-electron chi connectivity index (χ1n) is 5.73. The van der Waals surface area contributed by atoms with Gasteiger partial charge in [-0.15, -0.1) is 0 Å². The Hall–Kier alpha value is -0.0800. The van der Waals surface area contributed by atoms with E-state index in [4.69, 9.17) is 0 Å². The SMILES string of the molecule is CC(C)N1CC[C@H](NCC2CC2)C1. The molecule has 2 aliphatic rings. The fraction of sp³-hybridized carbons (Fsp3) is 1.00. The van der Waals surface area contributed by atoms with Gasteiger partial charge in [-0.05, 0) is 52.1 Å². The number of rotatable bonds is 4. The zero-order valence-corrected chi connectivity index (χ0v) is 8.92. The molecule has 0 amide bonds. The fourth-order valence-electron chi connectivity index (χ4n) is 2.08. The van der Waals surface area contributed by atoms with Gasteiger partial charge in [0.05, 0.1) is 0 Å². The van der Waals surface area contributed by atoms with Crippen LogP contribution in [0, 0.1) is 5.92 Å². The summed E-state index contributed by atoms with van der Waals surface area (Å²) in [4.78, 5) is 2.57. The van der Waals surface area contributed by atoms with Gasteiger partial charge in [0.15, 0.2) is 0 Å². The van der Waals surface area contributed by atoms with E-state index in [0.29, 0.717) is 0 Å². The van der Waals surface area contributed by atoms with Crippen LogP contribution in [0.3, 0.4) is 0 Å². The Labute approximate surface area is 81.7 Å². The number of hydrogen-bond acceptors (Lipinski definition) is 2. The van der Waals surface area contributed by atoms with Gasteiger partial charge in [-0.3, -0.25) is 4.90 Å². The van der Waals surface area contributed by atoms with Crippen molar-refractivity contribution < 1.29 is 0 Å². The van der Waals surface area contributed by atoms with Gasteiger partial charge >= 0.3 is 0 Å². The van der Waals surface area contributed by atoms with Crippen molar-refractivity contribution >= 4 is 0 Å². The third-order valence-electron chi connectivity index (χ3n) is 3.34. The number of likely N-dealkylation sites (tertiary alicyclic amines) is 1. The maximum Gasteiger partial charge on any atom is 0.0207 e. The van der Waals surface area contributed by atoms with Crippen LogP contribution in [0.25, 0.3) is 0 Å². The molecule has 1 N–H and O–H groups in total. The minimum Gasteiger partial charge on any atom is -0.312 e. The first-order chi connectivity index (χ1) is 6.25. The summed E-state index contributed by atoms with van der Waals surface area (Å²) < 4.78 is 0. The molecule has 0 aromatic rings. The standard InChI is InChI=1S/C11H22N2/c1-9(2)13-6-5-11(8-13)12-7-10-3-4-10/h9-12H,3-8H2,1-2H3/t11-/m0/s1. The second-order valence-electron chi connectivity index (χ2n) is 4.93. The predicted molar refractivity (Wildman–Crippen MR) is 55.8 cm³/mol. The minimum atomic E-state index is 0.729. The average molecular weight is 182 g/mol. The summed E-state index contributed by atoms with van der Waals surface area (Å²) in [6.45, 7) is 8.42. The molecule has 0 bridgehead atoms. The van der Waals surface area contributed by atoms with E-state index in [0.717, 1.165) is 18.0 Å². The molecule has 2 rings (SSSR count). The quantitative estimate of drug-likeness (QED) is 0.708.